The molecular formula is C24H23F2N5O2. The van der Waals surface area contributed by atoms with Crippen molar-refractivity contribution in [1.29, 1.82) is 0 Å². The molecule has 170 valence electrons. The second-order valence-electron chi connectivity index (χ2n) is 7.95. The maximum Gasteiger partial charge on any atom is 0.263 e. The predicted octanol–water partition coefficient (Wildman–Crippen LogP) is 3.88. The number of nitrogens with zero attached hydrogens (tertiary/aromatic N) is 4. The molecule has 4 rings (SSSR count). The summed E-state index contributed by atoms with van der Waals surface area (Å²) < 4.78 is 35.4. The fraction of sp³-hybridized carbons (Fsp3) is 0.292. The Morgan fingerprint density at radius 3 is 2.39 bits per heavy atom. The number of ether oxygens (including phenoxy) is 1. The van der Waals surface area contributed by atoms with Gasteiger partial charge in [-0.25, -0.2) is 18.6 Å². The highest BCUT2D eigenvalue weighted by atomic mass is 19.1. The van der Waals surface area contributed by atoms with E-state index < -0.39 is 17.2 Å². The molecule has 0 radical (unpaired) electrons. The van der Waals surface area contributed by atoms with Crippen molar-refractivity contribution in [3.63, 3.8) is 0 Å². The summed E-state index contributed by atoms with van der Waals surface area (Å²) in [5.74, 6) is -0.887. The first kappa shape index (κ1) is 22.4. The maximum absolute atomic E-state index is 14.5. The average Bonchev–Trinajstić information content (AvgIpc) is 2.81. The first-order valence-electron chi connectivity index (χ1n) is 10.5. The summed E-state index contributed by atoms with van der Waals surface area (Å²) in [5.41, 5.74) is 6.44. The molecule has 0 unspecified atom stereocenters. The van der Waals surface area contributed by atoms with E-state index in [2.05, 4.69) is 4.85 Å². The van der Waals surface area contributed by atoms with Crippen LogP contribution in [0.4, 0.5) is 20.4 Å². The monoisotopic (exact) mass is 451 g/mol. The van der Waals surface area contributed by atoms with Crippen LogP contribution in [0.5, 0.6) is 5.75 Å². The number of rotatable bonds is 4. The Morgan fingerprint density at radius 2 is 1.79 bits per heavy atom. The molecule has 1 aromatic heterocycles. The highest BCUT2D eigenvalue weighted by molar-refractivity contribution is 5.82. The van der Waals surface area contributed by atoms with Gasteiger partial charge in [-0.05, 0) is 36.6 Å². The molecule has 0 aliphatic carbocycles. The van der Waals surface area contributed by atoms with Gasteiger partial charge in [0.25, 0.3) is 5.56 Å². The second-order valence-corrected chi connectivity index (χ2v) is 7.95. The number of benzene rings is 2. The summed E-state index contributed by atoms with van der Waals surface area (Å²) in [6.07, 6.45) is 1.51. The first-order chi connectivity index (χ1) is 15.8. The Bertz CT molecular complexity index is 1310. The Kier molecular flexibility index (Phi) is 6.11. The third kappa shape index (κ3) is 4.17. The van der Waals surface area contributed by atoms with Gasteiger partial charge in [-0.15, -0.1) is 0 Å². The molecule has 2 N–H and O–H groups in total. The van der Waals surface area contributed by atoms with Gasteiger partial charge in [-0.1, -0.05) is 18.2 Å². The fourth-order valence-corrected chi connectivity index (χ4v) is 4.01. The molecule has 0 amide bonds. The Balaban J connectivity index is 1.96. The van der Waals surface area contributed by atoms with E-state index in [0.29, 0.717) is 30.2 Å². The lowest BCUT2D eigenvalue weighted by Crippen LogP contribution is -2.42. The van der Waals surface area contributed by atoms with Gasteiger partial charge in [-0.2, -0.15) is 0 Å². The van der Waals surface area contributed by atoms with Gasteiger partial charge in [0.2, 0.25) is 11.6 Å². The zero-order valence-electron chi connectivity index (χ0n) is 18.3. The lowest BCUT2D eigenvalue weighted by molar-refractivity contribution is 0.386. The zero-order chi connectivity index (χ0) is 23.7. The normalized spacial score (nSPS) is 14.2. The Labute approximate surface area is 189 Å². The highest BCUT2D eigenvalue weighted by Crippen LogP contribution is 2.34. The van der Waals surface area contributed by atoms with Crippen molar-refractivity contribution < 1.29 is 13.5 Å². The fourth-order valence-electron chi connectivity index (χ4n) is 4.01. The van der Waals surface area contributed by atoms with Crippen molar-refractivity contribution in [3.05, 3.63) is 69.8 Å². The number of piperidine rings is 1. The van der Waals surface area contributed by atoms with Gasteiger partial charge < -0.3 is 15.4 Å². The van der Waals surface area contributed by atoms with Crippen LogP contribution in [0.3, 0.4) is 0 Å². The van der Waals surface area contributed by atoms with Gasteiger partial charge in [0.05, 0.1) is 24.9 Å². The van der Waals surface area contributed by atoms with E-state index in [4.69, 9.17) is 22.0 Å². The van der Waals surface area contributed by atoms with Gasteiger partial charge >= 0.3 is 0 Å². The lowest BCUT2D eigenvalue weighted by atomic mass is 9.99. The number of halogens is 2. The molecule has 0 spiro atoms. The molecule has 3 aromatic rings. The van der Waals surface area contributed by atoms with Crippen LogP contribution >= 0.6 is 0 Å². The van der Waals surface area contributed by atoms with Crippen LogP contribution in [0.15, 0.2) is 41.2 Å². The summed E-state index contributed by atoms with van der Waals surface area (Å²) in [7, 11) is 2.96. The van der Waals surface area contributed by atoms with E-state index in [0.717, 1.165) is 12.8 Å². The van der Waals surface area contributed by atoms with E-state index in [9.17, 15) is 13.6 Å². The van der Waals surface area contributed by atoms with Gasteiger partial charge in [0.1, 0.15) is 5.82 Å². The summed E-state index contributed by atoms with van der Waals surface area (Å²) in [6.45, 7) is 8.35. The van der Waals surface area contributed by atoms with Crippen LogP contribution < -0.4 is 20.9 Å². The maximum atomic E-state index is 14.5. The van der Waals surface area contributed by atoms with Crippen molar-refractivity contribution in [2.24, 2.45) is 12.8 Å². The molecule has 7 nitrogen and oxygen atoms in total. The van der Waals surface area contributed by atoms with Gasteiger partial charge in [0, 0.05) is 31.7 Å². The average molecular weight is 451 g/mol. The molecule has 0 atom stereocenters. The molecule has 9 heteroatoms. The number of aromatic nitrogens is 2. The van der Waals surface area contributed by atoms with E-state index in [1.54, 1.807) is 13.1 Å². The molecule has 33 heavy (non-hydrogen) atoms. The van der Waals surface area contributed by atoms with Gasteiger partial charge in [0.15, 0.2) is 11.6 Å². The van der Waals surface area contributed by atoms with Crippen LogP contribution in [-0.2, 0) is 7.05 Å². The highest BCUT2D eigenvalue weighted by Gasteiger charge is 2.25. The quantitative estimate of drug-likeness (QED) is 0.610. The first-order valence-corrected chi connectivity index (χ1v) is 10.5. The second kappa shape index (κ2) is 9.00. The topological polar surface area (TPSA) is 77.7 Å². The standard InChI is InChI=1S/C24H23F2N5O2/c1-28-19-6-4-15(13-17(19)25)22-21(14-5-7-20(33-3)18(26)12-14)23(32)30(2)24(29-22)31-10-8-16(27)9-11-31/h4-7,12-13,16H,8-11,27H2,2-3H3. The number of hydrogen-bond donors (Lipinski definition) is 1. The number of nitrogens with two attached hydrogens (primary N) is 1. The van der Waals surface area contributed by atoms with Crippen molar-refractivity contribution in [3.8, 4) is 28.1 Å². The smallest absolute Gasteiger partial charge is 0.263 e. The van der Waals surface area contributed by atoms with E-state index in [-0.39, 0.29) is 28.7 Å². The van der Waals surface area contributed by atoms with Crippen molar-refractivity contribution in [2.45, 2.75) is 18.9 Å². The van der Waals surface area contributed by atoms with Crippen molar-refractivity contribution in [1.82, 2.24) is 9.55 Å². The minimum atomic E-state index is -0.720. The van der Waals surface area contributed by atoms with E-state index >= 15 is 0 Å². The SMILES string of the molecule is [C-]#[N+]c1ccc(-c2nc(N3CCC(N)CC3)n(C)c(=O)c2-c2ccc(OC)c(F)c2)cc1F. The van der Waals surface area contributed by atoms with Crippen LogP contribution in [-0.4, -0.2) is 35.8 Å². The number of methoxy groups -OCH3 is 1. The van der Waals surface area contributed by atoms with Crippen LogP contribution in [0.2, 0.25) is 0 Å². The van der Waals surface area contributed by atoms with E-state index in [1.807, 2.05) is 4.90 Å². The van der Waals surface area contributed by atoms with Crippen molar-refractivity contribution in [2.75, 3.05) is 25.1 Å². The predicted molar refractivity (Wildman–Crippen MR) is 123 cm³/mol. The summed E-state index contributed by atoms with van der Waals surface area (Å²) >= 11 is 0. The molecule has 2 aromatic carbocycles. The Hall–Kier alpha value is -3.77. The largest absolute Gasteiger partial charge is 0.494 e. The molecule has 2 heterocycles. The van der Waals surface area contributed by atoms with Gasteiger partial charge in [-0.3, -0.25) is 9.36 Å². The molecular weight excluding hydrogens is 428 g/mol. The molecule has 1 saturated heterocycles. The Morgan fingerprint density at radius 1 is 1.12 bits per heavy atom. The van der Waals surface area contributed by atoms with E-state index in [1.165, 1.54) is 42.0 Å². The van der Waals surface area contributed by atoms with Crippen LogP contribution in [0.25, 0.3) is 27.2 Å². The number of anilines is 1. The molecule has 1 aliphatic heterocycles. The van der Waals surface area contributed by atoms with Crippen molar-refractivity contribution >= 4 is 11.6 Å². The molecule has 0 bridgehead atoms. The third-order valence-electron chi connectivity index (χ3n) is 5.87. The minimum Gasteiger partial charge on any atom is -0.494 e. The summed E-state index contributed by atoms with van der Waals surface area (Å²) in [6, 6.07) is 8.34. The zero-order valence-corrected chi connectivity index (χ0v) is 18.3. The molecule has 1 fully saturated rings. The lowest BCUT2D eigenvalue weighted by Gasteiger charge is -2.32. The summed E-state index contributed by atoms with van der Waals surface area (Å²) in [4.78, 5) is 23.4. The van der Waals surface area contributed by atoms with Crippen LogP contribution in [0, 0.1) is 18.2 Å². The molecule has 1 aliphatic rings. The molecule has 0 saturated carbocycles. The third-order valence-corrected chi connectivity index (χ3v) is 5.87. The number of hydrogen-bond acceptors (Lipinski definition) is 5. The minimum absolute atomic E-state index is 0.0406. The van der Waals surface area contributed by atoms with Crippen LogP contribution in [0.1, 0.15) is 12.8 Å². The summed E-state index contributed by atoms with van der Waals surface area (Å²) in [5, 5.41) is 0.